The van der Waals surface area contributed by atoms with Crippen molar-refractivity contribution in [1.29, 1.82) is 0 Å². The molecule has 1 saturated heterocycles. The first-order valence-electron chi connectivity index (χ1n) is 6.97. The van der Waals surface area contributed by atoms with Crippen molar-refractivity contribution in [3.63, 3.8) is 0 Å². The number of carbonyl (C=O) groups excluding carboxylic acids is 2. The van der Waals surface area contributed by atoms with Gasteiger partial charge in [0.1, 0.15) is 0 Å². The number of rotatable bonds is 4. The number of piperazine rings is 1. The van der Waals surface area contributed by atoms with E-state index < -0.39 is 0 Å². The quantitative estimate of drug-likeness (QED) is 0.849. The molecule has 0 aromatic heterocycles. The Balaban J connectivity index is 2.03. The highest BCUT2D eigenvalue weighted by Crippen LogP contribution is 2.18. The summed E-state index contributed by atoms with van der Waals surface area (Å²) in [5, 5.41) is 6.09. The fourth-order valence-corrected chi connectivity index (χ4v) is 2.40. The normalized spacial score (nSPS) is 16.6. The second kappa shape index (κ2) is 7.05. The molecule has 0 bridgehead atoms. The molecule has 20 heavy (non-hydrogen) atoms. The third-order valence-electron chi connectivity index (χ3n) is 3.43. The van der Waals surface area contributed by atoms with E-state index in [4.69, 9.17) is 0 Å². The molecule has 1 heterocycles. The molecular formula is C15H21N3O2. The van der Waals surface area contributed by atoms with Crippen LogP contribution >= 0.6 is 0 Å². The molecule has 2 N–H and O–H groups in total. The van der Waals surface area contributed by atoms with Gasteiger partial charge in [0.2, 0.25) is 11.8 Å². The van der Waals surface area contributed by atoms with Crippen LogP contribution in [0.1, 0.15) is 24.9 Å². The predicted octanol–water partition coefficient (Wildman–Crippen LogP) is 0.686. The van der Waals surface area contributed by atoms with Crippen molar-refractivity contribution in [3.05, 3.63) is 35.9 Å². The zero-order chi connectivity index (χ0) is 14.4. The third kappa shape index (κ3) is 4.06. The monoisotopic (exact) mass is 275 g/mol. The van der Waals surface area contributed by atoms with Gasteiger partial charge in [-0.2, -0.15) is 0 Å². The SMILES string of the molecule is CC(=O)NC(CC(=O)N1CCNCC1)c1ccccc1. The molecule has 5 nitrogen and oxygen atoms in total. The number of hydrogen-bond donors (Lipinski definition) is 2. The summed E-state index contributed by atoms with van der Waals surface area (Å²) in [7, 11) is 0. The van der Waals surface area contributed by atoms with Gasteiger partial charge in [-0.15, -0.1) is 0 Å². The van der Waals surface area contributed by atoms with Gasteiger partial charge in [-0.25, -0.2) is 0 Å². The van der Waals surface area contributed by atoms with Crippen LogP contribution < -0.4 is 10.6 Å². The van der Waals surface area contributed by atoms with Crippen molar-refractivity contribution in [1.82, 2.24) is 15.5 Å². The van der Waals surface area contributed by atoms with Crippen molar-refractivity contribution in [2.45, 2.75) is 19.4 Å². The maximum atomic E-state index is 12.3. The molecule has 0 radical (unpaired) electrons. The Hall–Kier alpha value is -1.88. The van der Waals surface area contributed by atoms with E-state index in [9.17, 15) is 9.59 Å². The molecule has 1 unspecified atom stereocenters. The molecule has 2 rings (SSSR count). The summed E-state index contributed by atoms with van der Waals surface area (Å²) in [6.07, 6.45) is 0.309. The Morgan fingerprint density at radius 1 is 1.25 bits per heavy atom. The Morgan fingerprint density at radius 2 is 1.90 bits per heavy atom. The zero-order valence-corrected chi connectivity index (χ0v) is 11.8. The second-order valence-corrected chi connectivity index (χ2v) is 5.00. The maximum absolute atomic E-state index is 12.3. The van der Waals surface area contributed by atoms with E-state index in [0.29, 0.717) is 6.42 Å². The van der Waals surface area contributed by atoms with Gasteiger partial charge < -0.3 is 15.5 Å². The largest absolute Gasteiger partial charge is 0.349 e. The number of carbonyl (C=O) groups is 2. The zero-order valence-electron chi connectivity index (χ0n) is 11.8. The summed E-state index contributed by atoms with van der Waals surface area (Å²) in [4.78, 5) is 25.5. The van der Waals surface area contributed by atoms with Crippen LogP contribution in [0, 0.1) is 0 Å². The molecule has 1 aliphatic rings. The number of nitrogens with zero attached hydrogens (tertiary/aromatic N) is 1. The smallest absolute Gasteiger partial charge is 0.225 e. The van der Waals surface area contributed by atoms with Crippen LogP contribution in [-0.4, -0.2) is 42.9 Å². The number of hydrogen-bond acceptors (Lipinski definition) is 3. The van der Waals surface area contributed by atoms with Crippen molar-refractivity contribution in [3.8, 4) is 0 Å². The number of nitrogens with one attached hydrogen (secondary N) is 2. The van der Waals surface area contributed by atoms with E-state index in [1.807, 2.05) is 35.2 Å². The van der Waals surface area contributed by atoms with Gasteiger partial charge in [0, 0.05) is 33.1 Å². The van der Waals surface area contributed by atoms with E-state index >= 15 is 0 Å². The topological polar surface area (TPSA) is 61.4 Å². The average Bonchev–Trinajstić information content (AvgIpc) is 2.48. The number of benzene rings is 1. The van der Waals surface area contributed by atoms with Crippen LogP contribution in [0.25, 0.3) is 0 Å². The summed E-state index contributed by atoms with van der Waals surface area (Å²) in [5.74, 6) is -0.0268. The van der Waals surface area contributed by atoms with Crippen LogP contribution in [0.4, 0.5) is 0 Å². The summed E-state index contributed by atoms with van der Waals surface area (Å²) >= 11 is 0. The van der Waals surface area contributed by atoms with Crippen LogP contribution in [0.3, 0.4) is 0 Å². The molecule has 1 atom stereocenters. The summed E-state index contributed by atoms with van der Waals surface area (Å²) in [6.45, 7) is 4.62. The third-order valence-corrected chi connectivity index (χ3v) is 3.43. The Bertz CT molecular complexity index is 455. The molecule has 0 spiro atoms. The summed E-state index contributed by atoms with van der Waals surface area (Å²) in [6, 6.07) is 9.37. The van der Waals surface area contributed by atoms with Crippen molar-refractivity contribution in [2.24, 2.45) is 0 Å². The first kappa shape index (κ1) is 14.5. The molecule has 2 amide bonds. The van der Waals surface area contributed by atoms with Gasteiger partial charge in [-0.3, -0.25) is 9.59 Å². The summed E-state index contributed by atoms with van der Waals surface area (Å²) in [5.41, 5.74) is 0.964. The van der Waals surface area contributed by atoms with Gasteiger partial charge >= 0.3 is 0 Å². The Kier molecular flexibility index (Phi) is 5.12. The molecule has 0 aliphatic carbocycles. The van der Waals surface area contributed by atoms with Gasteiger partial charge in [-0.1, -0.05) is 30.3 Å². The van der Waals surface area contributed by atoms with Crippen LogP contribution in [0.15, 0.2) is 30.3 Å². The van der Waals surface area contributed by atoms with Crippen LogP contribution in [-0.2, 0) is 9.59 Å². The molecule has 1 fully saturated rings. The van der Waals surface area contributed by atoms with Crippen LogP contribution in [0.5, 0.6) is 0 Å². The lowest BCUT2D eigenvalue weighted by atomic mass is 10.0. The number of amides is 2. The lowest BCUT2D eigenvalue weighted by Gasteiger charge is -2.29. The van der Waals surface area contributed by atoms with Crippen molar-refractivity contribution >= 4 is 11.8 Å². The Morgan fingerprint density at radius 3 is 2.50 bits per heavy atom. The maximum Gasteiger partial charge on any atom is 0.225 e. The molecule has 1 aromatic carbocycles. The van der Waals surface area contributed by atoms with Gasteiger partial charge in [0.25, 0.3) is 0 Å². The van der Waals surface area contributed by atoms with E-state index in [0.717, 1.165) is 31.7 Å². The minimum absolute atomic E-state index is 0.0918. The second-order valence-electron chi connectivity index (χ2n) is 5.00. The molecule has 108 valence electrons. The highest BCUT2D eigenvalue weighted by atomic mass is 16.2. The summed E-state index contributed by atoms with van der Waals surface area (Å²) < 4.78 is 0. The Labute approximate surface area is 119 Å². The average molecular weight is 275 g/mol. The highest BCUT2D eigenvalue weighted by molar-refractivity contribution is 5.79. The van der Waals surface area contributed by atoms with Crippen molar-refractivity contribution in [2.75, 3.05) is 26.2 Å². The molecular weight excluding hydrogens is 254 g/mol. The first-order valence-corrected chi connectivity index (χ1v) is 6.97. The lowest BCUT2D eigenvalue weighted by molar-refractivity contribution is -0.132. The minimum Gasteiger partial charge on any atom is -0.349 e. The van der Waals surface area contributed by atoms with E-state index in [1.54, 1.807) is 0 Å². The molecule has 1 aromatic rings. The van der Waals surface area contributed by atoms with Crippen molar-refractivity contribution < 1.29 is 9.59 Å². The standard InChI is InChI=1S/C15H21N3O2/c1-12(19)17-14(13-5-3-2-4-6-13)11-15(20)18-9-7-16-8-10-18/h2-6,14,16H,7-11H2,1H3,(H,17,19). The van der Waals surface area contributed by atoms with Gasteiger partial charge in [0.15, 0.2) is 0 Å². The van der Waals surface area contributed by atoms with E-state index in [1.165, 1.54) is 6.92 Å². The van der Waals surface area contributed by atoms with E-state index in [-0.39, 0.29) is 17.9 Å². The van der Waals surface area contributed by atoms with Crippen LogP contribution in [0.2, 0.25) is 0 Å². The molecule has 1 aliphatic heterocycles. The first-order chi connectivity index (χ1) is 9.66. The van der Waals surface area contributed by atoms with E-state index in [2.05, 4.69) is 10.6 Å². The highest BCUT2D eigenvalue weighted by Gasteiger charge is 2.22. The van der Waals surface area contributed by atoms with Gasteiger partial charge in [0.05, 0.1) is 12.5 Å². The lowest BCUT2D eigenvalue weighted by Crippen LogP contribution is -2.47. The minimum atomic E-state index is -0.254. The molecule has 0 saturated carbocycles. The fourth-order valence-electron chi connectivity index (χ4n) is 2.40. The predicted molar refractivity (Wildman–Crippen MR) is 77.1 cm³/mol. The van der Waals surface area contributed by atoms with Gasteiger partial charge in [-0.05, 0) is 5.56 Å². The molecule has 5 heteroatoms. The fraction of sp³-hybridized carbons (Fsp3) is 0.467.